The van der Waals surface area contributed by atoms with E-state index in [1.54, 1.807) is 24.3 Å². The molecule has 1 heterocycles. The van der Waals surface area contributed by atoms with Crippen LogP contribution in [-0.2, 0) is 4.79 Å². The molecule has 0 aliphatic heterocycles. The van der Waals surface area contributed by atoms with E-state index >= 15 is 0 Å². The molecule has 9 heteroatoms. The van der Waals surface area contributed by atoms with Crippen LogP contribution in [0.25, 0.3) is 0 Å². The van der Waals surface area contributed by atoms with Crippen molar-refractivity contribution in [1.82, 2.24) is 9.97 Å². The van der Waals surface area contributed by atoms with Crippen LogP contribution in [0.4, 0.5) is 17.3 Å². The highest BCUT2D eigenvalue weighted by Crippen LogP contribution is 2.33. The summed E-state index contributed by atoms with van der Waals surface area (Å²) in [5.74, 6) is -0.201. The lowest BCUT2D eigenvalue weighted by atomic mass is 10.3. The number of hydrogen-bond donors (Lipinski definition) is 2. The number of carbonyl (C=O) groups excluding carboxylic acids is 1. The summed E-state index contributed by atoms with van der Waals surface area (Å²) in [6, 6.07) is 6.83. The van der Waals surface area contributed by atoms with Gasteiger partial charge in [0.2, 0.25) is 11.9 Å². The highest BCUT2D eigenvalue weighted by atomic mass is 32.2. The van der Waals surface area contributed by atoms with E-state index in [2.05, 4.69) is 15.3 Å². The summed E-state index contributed by atoms with van der Waals surface area (Å²) in [5.41, 5.74) is 5.89. The molecule has 0 unspecified atom stereocenters. The number of nitrogens with zero attached hydrogens (tertiary/aromatic N) is 3. The second-order valence-electron chi connectivity index (χ2n) is 3.98. The highest BCUT2D eigenvalue weighted by Gasteiger charge is 2.17. The predicted molar refractivity (Wildman–Crippen MR) is 78.0 cm³/mol. The third kappa shape index (κ3) is 3.89. The summed E-state index contributed by atoms with van der Waals surface area (Å²) >= 11 is 1.10. The Bertz CT molecular complexity index is 690. The molecule has 0 saturated heterocycles. The van der Waals surface area contributed by atoms with Crippen LogP contribution in [0.2, 0.25) is 0 Å². The fraction of sp³-hybridized carbons (Fsp3) is 0.0833. The number of nitrogens with two attached hydrogens (primary N) is 1. The molecule has 0 aliphatic carbocycles. The number of aromatic nitrogens is 2. The monoisotopic (exact) mass is 305 g/mol. The van der Waals surface area contributed by atoms with Gasteiger partial charge >= 0.3 is 5.69 Å². The Morgan fingerprint density at radius 1 is 1.38 bits per heavy atom. The van der Waals surface area contributed by atoms with Crippen molar-refractivity contribution >= 4 is 35.0 Å². The van der Waals surface area contributed by atoms with Crippen molar-refractivity contribution in [2.75, 3.05) is 11.1 Å². The maximum Gasteiger partial charge on any atom is 0.320 e. The summed E-state index contributed by atoms with van der Waals surface area (Å²) in [6.45, 7) is 1.41. The van der Waals surface area contributed by atoms with Crippen molar-refractivity contribution in [2.45, 2.75) is 16.8 Å². The number of anilines is 2. The SMILES string of the molecule is CC(=O)Nc1ccc(Sc2nc(N)ncc2[N+](=O)[O-])cc1. The summed E-state index contributed by atoms with van der Waals surface area (Å²) in [6.07, 6.45) is 1.08. The summed E-state index contributed by atoms with van der Waals surface area (Å²) in [5, 5.41) is 13.7. The molecule has 1 amide bonds. The van der Waals surface area contributed by atoms with Crippen molar-refractivity contribution in [2.24, 2.45) is 0 Å². The molecular formula is C12H11N5O3S. The minimum atomic E-state index is -0.562. The van der Waals surface area contributed by atoms with Crippen LogP contribution >= 0.6 is 11.8 Å². The second-order valence-corrected chi connectivity index (χ2v) is 5.05. The first-order valence-electron chi connectivity index (χ1n) is 5.78. The van der Waals surface area contributed by atoms with Crippen LogP contribution in [0.1, 0.15) is 6.92 Å². The summed E-state index contributed by atoms with van der Waals surface area (Å²) in [4.78, 5) is 29.5. The maximum absolute atomic E-state index is 10.9. The molecule has 8 nitrogen and oxygen atoms in total. The Hall–Kier alpha value is -2.68. The molecule has 1 aromatic carbocycles. The van der Waals surface area contributed by atoms with Gasteiger partial charge in [-0.15, -0.1) is 0 Å². The van der Waals surface area contributed by atoms with E-state index in [1.165, 1.54) is 6.92 Å². The first kappa shape index (κ1) is 14.7. The lowest BCUT2D eigenvalue weighted by Gasteiger charge is -2.05. The number of nitrogen functional groups attached to an aromatic ring is 1. The molecular weight excluding hydrogens is 294 g/mol. The number of benzene rings is 1. The minimum absolute atomic E-state index is 0.0297. The zero-order chi connectivity index (χ0) is 15.4. The van der Waals surface area contributed by atoms with Crippen LogP contribution in [-0.4, -0.2) is 20.8 Å². The number of rotatable bonds is 4. The van der Waals surface area contributed by atoms with E-state index in [1.807, 2.05) is 0 Å². The van der Waals surface area contributed by atoms with Gasteiger partial charge in [0, 0.05) is 17.5 Å². The van der Waals surface area contributed by atoms with Crippen molar-refractivity contribution in [1.29, 1.82) is 0 Å². The molecule has 1 aromatic heterocycles. The Morgan fingerprint density at radius 3 is 2.62 bits per heavy atom. The molecule has 0 spiro atoms. The van der Waals surface area contributed by atoms with E-state index in [-0.39, 0.29) is 22.6 Å². The largest absolute Gasteiger partial charge is 0.368 e. The van der Waals surface area contributed by atoms with Crippen LogP contribution in [0, 0.1) is 10.1 Å². The molecule has 0 aliphatic rings. The minimum Gasteiger partial charge on any atom is -0.368 e. The van der Waals surface area contributed by atoms with Gasteiger partial charge in [0.1, 0.15) is 6.20 Å². The van der Waals surface area contributed by atoms with Crippen LogP contribution in [0.15, 0.2) is 40.4 Å². The molecule has 0 saturated carbocycles. The van der Waals surface area contributed by atoms with E-state index < -0.39 is 4.92 Å². The van der Waals surface area contributed by atoms with Gasteiger partial charge in [0.25, 0.3) is 0 Å². The smallest absolute Gasteiger partial charge is 0.320 e. The van der Waals surface area contributed by atoms with Gasteiger partial charge in [-0.2, -0.15) is 4.98 Å². The van der Waals surface area contributed by atoms with Crippen molar-refractivity contribution in [3.63, 3.8) is 0 Å². The van der Waals surface area contributed by atoms with Crippen LogP contribution in [0.5, 0.6) is 0 Å². The van der Waals surface area contributed by atoms with Crippen LogP contribution < -0.4 is 11.1 Å². The zero-order valence-electron chi connectivity index (χ0n) is 10.9. The number of nitro groups is 1. The van der Waals surface area contributed by atoms with E-state index in [4.69, 9.17) is 5.73 Å². The van der Waals surface area contributed by atoms with E-state index in [0.717, 1.165) is 22.9 Å². The molecule has 108 valence electrons. The highest BCUT2D eigenvalue weighted by molar-refractivity contribution is 7.99. The lowest BCUT2D eigenvalue weighted by Crippen LogP contribution is -2.05. The quantitative estimate of drug-likeness (QED) is 0.503. The van der Waals surface area contributed by atoms with E-state index in [0.29, 0.717) is 5.69 Å². The predicted octanol–water partition coefficient (Wildman–Crippen LogP) is 2.08. The standard InChI is InChI=1S/C12H11N5O3S/c1-7(18)15-8-2-4-9(5-3-8)21-11-10(17(19)20)6-14-12(13)16-11/h2-6H,1H3,(H,15,18)(H2,13,14,16). The van der Waals surface area contributed by atoms with Crippen LogP contribution in [0.3, 0.4) is 0 Å². The normalized spacial score (nSPS) is 10.1. The molecule has 2 rings (SSSR count). The molecule has 0 bridgehead atoms. The Balaban J connectivity index is 2.23. The van der Waals surface area contributed by atoms with Gasteiger partial charge in [-0.3, -0.25) is 14.9 Å². The average Bonchev–Trinajstić information content (AvgIpc) is 2.40. The van der Waals surface area contributed by atoms with Crippen molar-refractivity contribution in [3.8, 4) is 0 Å². The third-order valence-electron chi connectivity index (χ3n) is 2.34. The van der Waals surface area contributed by atoms with Gasteiger partial charge in [-0.1, -0.05) is 11.8 Å². The fourth-order valence-corrected chi connectivity index (χ4v) is 2.36. The Kier molecular flexibility index (Phi) is 4.33. The zero-order valence-corrected chi connectivity index (χ0v) is 11.8. The van der Waals surface area contributed by atoms with Gasteiger partial charge < -0.3 is 11.1 Å². The lowest BCUT2D eigenvalue weighted by molar-refractivity contribution is -0.388. The second kappa shape index (κ2) is 6.18. The number of hydrogen-bond acceptors (Lipinski definition) is 7. The maximum atomic E-state index is 10.9. The third-order valence-corrected chi connectivity index (χ3v) is 3.34. The van der Waals surface area contributed by atoms with Crippen molar-refractivity contribution in [3.05, 3.63) is 40.6 Å². The molecule has 21 heavy (non-hydrogen) atoms. The van der Waals surface area contributed by atoms with Gasteiger partial charge in [-0.25, -0.2) is 4.98 Å². The molecule has 3 N–H and O–H groups in total. The summed E-state index contributed by atoms with van der Waals surface area (Å²) in [7, 11) is 0. The Morgan fingerprint density at radius 2 is 2.05 bits per heavy atom. The van der Waals surface area contributed by atoms with Gasteiger partial charge in [0.15, 0.2) is 5.03 Å². The fourth-order valence-electron chi connectivity index (χ4n) is 1.49. The van der Waals surface area contributed by atoms with Gasteiger partial charge in [0.05, 0.1) is 4.92 Å². The number of carbonyl (C=O) groups is 1. The first-order valence-corrected chi connectivity index (χ1v) is 6.60. The van der Waals surface area contributed by atoms with Gasteiger partial charge in [-0.05, 0) is 24.3 Å². The van der Waals surface area contributed by atoms with Crippen molar-refractivity contribution < 1.29 is 9.72 Å². The van der Waals surface area contributed by atoms with E-state index in [9.17, 15) is 14.9 Å². The first-order chi connectivity index (χ1) is 9.95. The molecule has 0 fully saturated rings. The molecule has 2 aromatic rings. The summed E-state index contributed by atoms with van der Waals surface area (Å²) < 4.78 is 0. The number of nitrogens with one attached hydrogen (secondary N) is 1. The number of amides is 1. The average molecular weight is 305 g/mol. The topological polar surface area (TPSA) is 124 Å². The molecule has 0 atom stereocenters. The Labute approximate surface area is 123 Å². The molecule has 0 radical (unpaired) electrons.